The van der Waals surface area contributed by atoms with E-state index in [1.54, 1.807) is 0 Å². The van der Waals surface area contributed by atoms with Crippen LogP contribution in [0.4, 0.5) is 0 Å². The highest BCUT2D eigenvalue weighted by Crippen LogP contribution is 2.28. The molecular weight excluding hydrogens is 194 g/mol. The van der Waals surface area contributed by atoms with Crippen molar-refractivity contribution in [2.45, 2.75) is 31.7 Å². The molecule has 2 N–H and O–H groups in total. The fourth-order valence-electron chi connectivity index (χ4n) is 2.44. The third-order valence-electron chi connectivity index (χ3n) is 3.48. The molecule has 0 radical (unpaired) electrons. The summed E-state index contributed by atoms with van der Waals surface area (Å²) in [6.45, 7) is 1.58. The number of thioether (sulfide) groups is 1. The van der Waals surface area contributed by atoms with Crippen molar-refractivity contribution in [3.05, 3.63) is 0 Å². The fourth-order valence-corrected chi connectivity index (χ4v) is 3.15. The van der Waals surface area contributed by atoms with E-state index in [1.165, 1.54) is 43.7 Å². The zero-order chi connectivity index (χ0) is 9.80. The first-order valence-corrected chi connectivity index (χ1v) is 6.96. The number of nitrogens with one attached hydrogen (secondary N) is 1. The molecule has 1 saturated carbocycles. The minimum atomic E-state index is 0.399. The van der Waals surface area contributed by atoms with Crippen LogP contribution in [0.25, 0.3) is 0 Å². The normalized spacial score (nSPS) is 34.1. The van der Waals surface area contributed by atoms with E-state index in [4.69, 9.17) is 5.11 Å². The molecule has 0 unspecified atom stereocenters. The summed E-state index contributed by atoms with van der Waals surface area (Å²) in [5.74, 6) is 4.02. The van der Waals surface area contributed by atoms with Crippen LogP contribution in [-0.4, -0.2) is 35.8 Å². The van der Waals surface area contributed by atoms with Gasteiger partial charge in [0.2, 0.25) is 0 Å². The van der Waals surface area contributed by atoms with E-state index in [2.05, 4.69) is 5.32 Å². The maximum Gasteiger partial charge on any atom is 0.0459 e. The lowest BCUT2D eigenvalue weighted by Crippen LogP contribution is -2.43. The lowest BCUT2D eigenvalue weighted by atomic mass is 9.82. The standard InChI is InChI=1S/C11H21NOS/c13-6-10-3-1-2-9(4-10)5-12-11-7-14-8-11/h9-13H,1-8H2/t9-,10+/m0/s1. The Morgan fingerprint density at radius 2 is 2.00 bits per heavy atom. The van der Waals surface area contributed by atoms with Crippen molar-refractivity contribution < 1.29 is 5.11 Å². The second kappa shape index (κ2) is 5.38. The zero-order valence-electron chi connectivity index (χ0n) is 8.74. The molecule has 2 nitrogen and oxygen atoms in total. The van der Waals surface area contributed by atoms with E-state index in [9.17, 15) is 0 Å². The Hall–Kier alpha value is 0.270. The van der Waals surface area contributed by atoms with Crippen LogP contribution in [0.2, 0.25) is 0 Å². The Labute approximate surface area is 90.8 Å². The summed E-state index contributed by atoms with van der Waals surface area (Å²) in [6.07, 6.45) is 5.16. The Bertz CT molecular complexity index is 173. The SMILES string of the molecule is OC[C@@H]1CCC[C@H](CNC2CSC2)C1. The molecular formula is C11H21NOS. The third kappa shape index (κ3) is 2.88. The molecule has 2 aliphatic rings. The summed E-state index contributed by atoms with van der Waals surface area (Å²) in [6, 6.07) is 0.787. The van der Waals surface area contributed by atoms with Gasteiger partial charge in [0.15, 0.2) is 0 Å². The van der Waals surface area contributed by atoms with E-state index in [-0.39, 0.29) is 0 Å². The van der Waals surface area contributed by atoms with Crippen LogP contribution >= 0.6 is 11.8 Å². The second-order valence-electron chi connectivity index (χ2n) is 4.72. The summed E-state index contributed by atoms with van der Waals surface area (Å²) >= 11 is 2.03. The minimum absolute atomic E-state index is 0.399. The number of aliphatic hydroxyl groups is 1. The Morgan fingerprint density at radius 1 is 1.21 bits per heavy atom. The lowest BCUT2D eigenvalue weighted by molar-refractivity contribution is 0.158. The molecule has 1 heterocycles. The van der Waals surface area contributed by atoms with E-state index in [0.717, 1.165) is 12.0 Å². The molecule has 0 aromatic carbocycles. The summed E-state index contributed by atoms with van der Waals surface area (Å²) < 4.78 is 0. The minimum Gasteiger partial charge on any atom is -0.396 e. The van der Waals surface area contributed by atoms with Gasteiger partial charge >= 0.3 is 0 Å². The highest BCUT2D eigenvalue weighted by Gasteiger charge is 2.23. The van der Waals surface area contributed by atoms with Gasteiger partial charge in [0.1, 0.15) is 0 Å². The van der Waals surface area contributed by atoms with Crippen LogP contribution < -0.4 is 5.32 Å². The predicted octanol–water partition coefficient (Wildman–Crippen LogP) is 1.49. The maximum atomic E-state index is 9.12. The summed E-state index contributed by atoms with van der Waals surface area (Å²) in [7, 11) is 0. The van der Waals surface area contributed by atoms with Crippen molar-refractivity contribution in [2.24, 2.45) is 11.8 Å². The van der Waals surface area contributed by atoms with Crippen LogP contribution in [-0.2, 0) is 0 Å². The third-order valence-corrected chi connectivity index (χ3v) is 4.76. The monoisotopic (exact) mass is 215 g/mol. The van der Waals surface area contributed by atoms with Crippen LogP contribution in [0.1, 0.15) is 25.7 Å². The Morgan fingerprint density at radius 3 is 2.64 bits per heavy atom. The average molecular weight is 215 g/mol. The molecule has 1 aliphatic carbocycles. The average Bonchev–Trinajstić information content (AvgIpc) is 2.16. The highest BCUT2D eigenvalue weighted by atomic mass is 32.2. The molecule has 1 saturated heterocycles. The molecule has 2 rings (SSSR count). The summed E-state index contributed by atoms with van der Waals surface area (Å²) in [4.78, 5) is 0. The first-order chi connectivity index (χ1) is 6.88. The lowest BCUT2D eigenvalue weighted by Gasteiger charge is -2.32. The summed E-state index contributed by atoms with van der Waals surface area (Å²) in [5.41, 5.74) is 0. The zero-order valence-corrected chi connectivity index (χ0v) is 9.56. The number of rotatable bonds is 4. The fraction of sp³-hybridized carbons (Fsp3) is 1.00. The van der Waals surface area contributed by atoms with Crippen molar-refractivity contribution >= 4 is 11.8 Å². The van der Waals surface area contributed by atoms with Crippen molar-refractivity contribution in [2.75, 3.05) is 24.7 Å². The largest absolute Gasteiger partial charge is 0.396 e. The molecule has 14 heavy (non-hydrogen) atoms. The van der Waals surface area contributed by atoms with E-state index >= 15 is 0 Å². The van der Waals surface area contributed by atoms with E-state index in [0.29, 0.717) is 12.5 Å². The predicted molar refractivity (Wildman–Crippen MR) is 61.6 cm³/mol. The van der Waals surface area contributed by atoms with Gasteiger partial charge in [-0.2, -0.15) is 11.8 Å². The quantitative estimate of drug-likeness (QED) is 0.745. The highest BCUT2D eigenvalue weighted by molar-refractivity contribution is 8.00. The Kier molecular flexibility index (Phi) is 4.14. The van der Waals surface area contributed by atoms with Gasteiger partial charge in [-0.3, -0.25) is 0 Å². The number of hydrogen-bond donors (Lipinski definition) is 2. The van der Waals surface area contributed by atoms with Crippen molar-refractivity contribution in [3.63, 3.8) is 0 Å². The molecule has 3 heteroatoms. The van der Waals surface area contributed by atoms with E-state index in [1.807, 2.05) is 11.8 Å². The first-order valence-electron chi connectivity index (χ1n) is 5.80. The van der Waals surface area contributed by atoms with Crippen LogP contribution in [0, 0.1) is 11.8 Å². The van der Waals surface area contributed by atoms with Gasteiger partial charge in [-0.25, -0.2) is 0 Å². The van der Waals surface area contributed by atoms with Crippen LogP contribution in [0.15, 0.2) is 0 Å². The van der Waals surface area contributed by atoms with Crippen molar-refractivity contribution in [1.29, 1.82) is 0 Å². The molecule has 0 aromatic rings. The number of aliphatic hydroxyl groups excluding tert-OH is 1. The summed E-state index contributed by atoms with van der Waals surface area (Å²) in [5, 5.41) is 12.8. The molecule has 0 spiro atoms. The molecule has 2 fully saturated rings. The number of hydrogen-bond acceptors (Lipinski definition) is 3. The molecule has 2 atom stereocenters. The van der Waals surface area contributed by atoms with Crippen LogP contribution in [0.3, 0.4) is 0 Å². The Balaban J connectivity index is 1.63. The van der Waals surface area contributed by atoms with Gasteiger partial charge in [0.25, 0.3) is 0 Å². The van der Waals surface area contributed by atoms with Crippen LogP contribution in [0.5, 0.6) is 0 Å². The smallest absolute Gasteiger partial charge is 0.0459 e. The topological polar surface area (TPSA) is 32.3 Å². The molecule has 0 aromatic heterocycles. The maximum absolute atomic E-state index is 9.12. The molecule has 0 amide bonds. The van der Waals surface area contributed by atoms with Gasteiger partial charge in [-0.1, -0.05) is 6.42 Å². The first kappa shape index (κ1) is 10.8. The van der Waals surface area contributed by atoms with Crippen molar-refractivity contribution in [1.82, 2.24) is 5.32 Å². The van der Waals surface area contributed by atoms with Gasteiger partial charge in [0.05, 0.1) is 0 Å². The van der Waals surface area contributed by atoms with Gasteiger partial charge in [0, 0.05) is 24.2 Å². The molecule has 0 bridgehead atoms. The second-order valence-corrected chi connectivity index (χ2v) is 5.80. The molecule has 1 aliphatic heterocycles. The van der Waals surface area contributed by atoms with E-state index < -0.39 is 0 Å². The van der Waals surface area contributed by atoms with Crippen molar-refractivity contribution in [3.8, 4) is 0 Å². The van der Waals surface area contributed by atoms with Gasteiger partial charge in [-0.05, 0) is 37.6 Å². The van der Waals surface area contributed by atoms with Gasteiger partial charge in [-0.15, -0.1) is 0 Å². The van der Waals surface area contributed by atoms with Gasteiger partial charge < -0.3 is 10.4 Å². The molecule has 82 valence electrons.